The number of rotatable bonds is 7. The summed E-state index contributed by atoms with van der Waals surface area (Å²) in [5.74, 6) is 0. The smallest absolute Gasteiger partial charge is 0.0622 e. The van der Waals surface area contributed by atoms with Gasteiger partial charge in [0.1, 0.15) is 0 Å². The lowest BCUT2D eigenvalue weighted by atomic mass is 10.2. The molecule has 0 bridgehead atoms. The molecule has 0 saturated heterocycles. The van der Waals surface area contributed by atoms with Gasteiger partial charge in [-0.3, -0.25) is 0 Å². The highest BCUT2D eigenvalue weighted by atomic mass is 15.1. The van der Waals surface area contributed by atoms with Gasteiger partial charge in [-0.1, -0.05) is 42.5 Å². The molecule has 2 rings (SSSR count). The van der Waals surface area contributed by atoms with E-state index in [0.717, 1.165) is 30.2 Å². The predicted molar refractivity (Wildman–Crippen MR) is 88.8 cm³/mol. The van der Waals surface area contributed by atoms with Crippen LogP contribution in [0.5, 0.6) is 0 Å². The average Bonchev–Trinajstić information content (AvgIpc) is 2.49. The quantitative estimate of drug-likeness (QED) is 0.735. The van der Waals surface area contributed by atoms with Gasteiger partial charge in [0.05, 0.1) is 11.4 Å². The van der Waals surface area contributed by atoms with Crippen LogP contribution in [0, 0.1) is 0 Å². The molecule has 1 N–H and O–H groups in total. The van der Waals surface area contributed by atoms with Gasteiger partial charge in [0, 0.05) is 18.8 Å². The third-order valence-electron chi connectivity index (χ3n) is 3.00. The molecule has 20 heavy (non-hydrogen) atoms. The third-order valence-corrected chi connectivity index (χ3v) is 3.00. The molecule has 0 atom stereocenters. The van der Waals surface area contributed by atoms with E-state index in [-0.39, 0.29) is 0 Å². The SMILES string of the molecule is C=CCN(CC=C)c1ccccc1Nc1ccccc1. The van der Waals surface area contributed by atoms with Gasteiger partial charge in [-0.15, -0.1) is 13.2 Å². The highest BCUT2D eigenvalue weighted by Gasteiger charge is 2.08. The average molecular weight is 264 g/mol. The van der Waals surface area contributed by atoms with Crippen LogP contribution in [-0.2, 0) is 0 Å². The maximum absolute atomic E-state index is 3.83. The molecule has 0 radical (unpaired) electrons. The lowest BCUT2D eigenvalue weighted by Crippen LogP contribution is -2.23. The number of para-hydroxylation sites is 3. The normalized spacial score (nSPS) is 9.80. The summed E-state index contributed by atoms with van der Waals surface area (Å²) < 4.78 is 0. The van der Waals surface area contributed by atoms with E-state index in [4.69, 9.17) is 0 Å². The summed E-state index contributed by atoms with van der Waals surface area (Å²) in [5.41, 5.74) is 3.32. The summed E-state index contributed by atoms with van der Waals surface area (Å²) in [6, 6.07) is 18.5. The summed E-state index contributed by atoms with van der Waals surface area (Å²) in [6.07, 6.45) is 3.81. The van der Waals surface area contributed by atoms with E-state index in [1.165, 1.54) is 0 Å². The number of hydrogen-bond acceptors (Lipinski definition) is 2. The number of hydrogen-bond donors (Lipinski definition) is 1. The topological polar surface area (TPSA) is 15.3 Å². The van der Waals surface area contributed by atoms with E-state index in [2.05, 4.69) is 47.6 Å². The number of nitrogens with zero attached hydrogens (tertiary/aromatic N) is 1. The van der Waals surface area contributed by atoms with E-state index >= 15 is 0 Å². The Labute approximate surface area is 121 Å². The molecule has 0 fully saturated rings. The summed E-state index contributed by atoms with van der Waals surface area (Å²) in [6.45, 7) is 9.23. The van der Waals surface area contributed by atoms with Crippen molar-refractivity contribution in [3.8, 4) is 0 Å². The van der Waals surface area contributed by atoms with Crippen LogP contribution >= 0.6 is 0 Å². The zero-order chi connectivity index (χ0) is 14.2. The van der Waals surface area contributed by atoms with Crippen molar-refractivity contribution in [3.63, 3.8) is 0 Å². The molecule has 0 spiro atoms. The summed E-state index contributed by atoms with van der Waals surface area (Å²) >= 11 is 0. The number of benzene rings is 2. The molecule has 0 aliphatic heterocycles. The lowest BCUT2D eigenvalue weighted by Gasteiger charge is -2.25. The van der Waals surface area contributed by atoms with Gasteiger partial charge in [-0.2, -0.15) is 0 Å². The van der Waals surface area contributed by atoms with Gasteiger partial charge in [0.25, 0.3) is 0 Å². The minimum atomic E-state index is 0.791. The van der Waals surface area contributed by atoms with Gasteiger partial charge >= 0.3 is 0 Å². The molecular weight excluding hydrogens is 244 g/mol. The van der Waals surface area contributed by atoms with E-state index in [1.54, 1.807) is 0 Å². The standard InChI is InChI=1S/C18H20N2/c1-3-14-20(15-4-2)18-13-9-8-12-17(18)19-16-10-6-5-7-11-16/h3-13,19H,1-2,14-15H2. The van der Waals surface area contributed by atoms with Crippen LogP contribution in [0.2, 0.25) is 0 Å². The maximum Gasteiger partial charge on any atom is 0.0622 e. The summed E-state index contributed by atoms with van der Waals surface area (Å²) in [7, 11) is 0. The lowest BCUT2D eigenvalue weighted by molar-refractivity contribution is 0.958. The molecule has 0 aromatic heterocycles. The van der Waals surface area contributed by atoms with Crippen LogP contribution in [0.1, 0.15) is 0 Å². The van der Waals surface area contributed by atoms with Crippen molar-refractivity contribution in [1.29, 1.82) is 0 Å². The number of anilines is 3. The summed E-state index contributed by atoms with van der Waals surface area (Å²) in [4.78, 5) is 2.23. The monoisotopic (exact) mass is 264 g/mol. The zero-order valence-corrected chi connectivity index (χ0v) is 11.6. The first kappa shape index (κ1) is 13.9. The molecule has 0 amide bonds. The highest BCUT2D eigenvalue weighted by molar-refractivity contribution is 5.75. The van der Waals surface area contributed by atoms with Crippen molar-refractivity contribution in [2.75, 3.05) is 23.3 Å². The second-order valence-corrected chi connectivity index (χ2v) is 4.49. The Morgan fingerprint density at radius 2 is 1.45 bits per heavy atom. The van der Waals surface area contributed by atoms with E-state index in [0.29, 0.717) is 0 Å². The third kappa shape index (κ3) is 3.51. The molecular formula is C18H20N2. The molecule has 2 heteroatoms. The first-order valence-corrected chi connectivity index (χ1v) is 6.73. The molecule has 0 saturated carbocycles. The molecule has 2 aromatic carbocycles. The Morgan fingerprint density at radius 1 is 0.850 bits per heavy atom. The minimum absolute atomic E-state index is 0.791. The van der Waals surface area contributed by atoms with Crippen molar-refractivity contribution in [1.82, 2.24) is 0 Å². The molecule has 0 aliphatic rings. The summed E-state index contributed by atoms with van der Waals surface area (Å²) in [5, 5.41) is 3.46. The van der Waals surface area contributed by atoms with Gasteiger partial charge in [-0.25, -0.2) is 0 Å². The second kappa shape index (κ2) is 7.19. The highest BCUT2D eigenvalue weighted by Crippen LogP contribution is 2.28. The molecule has 0 aliphatic carbocycles. The van der Waals surface area contributed by atoms with E-state index in [9.17, 15) is 0 Å². The van der Waals surface area contributed by atoms with Crippen LogP contribution in [0.4, 0.5) is 17.1 Å². The van der Waals surface area contributed by atoms with Crippen LogP contribution in [0.25, 0.3) is 0 Å². The van der Waals surface area contributed by atoms with E-state index < -0.39 is 0 Å². The van der Waals surface area contributed by atoms with Gasteiger partial charge in [0.2, 0.25) is 0 Å². The Balaban J connectivity index is 2.29. The van der Waals surface area contributed by atoms with Crippen molar-refractivity contribution >= 4 is 17.1 Å². The fourth-order valence-corrected chi connectivity index (χ4v) is 2.11. The fraction of sp³-hybridized carbons (Fsp3) is 0.111. The van der Waals surface area contributed by atoms with Crippen LogP contribution in [0.3, 0.4) is 0 Å². The van der Waals surface area contributed by atoms with Gasteiger partial charge in [-0.05, 0) is 24.3 Å². The van der Waals surface area contributed by atoms with Crippen LogP contribution in [-0.4, -0.2) is 13.1 Å². The van der Waals surface area contributed by atoms with Crippen molar-refractivity contribution in [3.05, 3.63) is 79.9 Å². The Bertz CT molecular complexity index is 551. The van der Waals surface area contributed by atoms with Crippen molar-refractivity contribution in [2.45, 2.75) is 0 Å². The Kier molecular flexibility index (Phi) is 5.01. The molecule has 0 unspecified atom stereocenters. The Morgan fingerprint density at radius 3 is 2.10 bits per heavy atom. The fourth-order valence-electron chi connectivity index (χ4n) is 2.11. The predicted octanol–water partition coefficient (Wildman–Crippen LogP) is 4.61. The molecule has 102 valence electrons. The maximum atomic E-state index is 3.83. The minimum Gasteiger partial charge on any atom is -0.362 e. The molecule has 0 heterocycles. The molecule has 2 aromatic rings. The zero-order valence-electron chi connectivity index (χ0n) is 11.6. The number of nitrogens with one attached hydrogen (secondary N) is 1. The Hall–Kier alpha value is -2.48. The van der Waals surface area contributed by atoms with Gasteiger partial charge in [0.15, 0.2) is 0 Å². The second-order valence-electron chi connectivity index (χ2n) is 4.49. The first-order valence-electron chi connectivity index (χ1n) is 6.73. The van der Waals surface area contributed by atoms with E-state index in [1.807, 2.05) is 42.5 Å². The molecule has 2 nitrogen and oxygen atoms in total. The van der Waals surface area contributed by atoms with Crippen LogP contribution < -0.4 is 10.2 Å². The van der Waals surface area contributed by atoms with Crippen molar-refractivity contribution in [2.24, 2.45) is 0 Å². The van der Waals surface area contributed by atoms with Crippen molar-refractivity contribution < 1.29 is 0 Å². The largest absolute Gasteiger partial charge is 0.362 e. The van der Waals surface area contributed by atoms with Gasteiger partial charge < -0.3 is 10.2 Å². The van der Waals surface area contributed by atoms with Crippen LogP contribution in [0.15, 0.2) is 79.9 Å². The first-order chi connectivity index (χ1) is 9.85.